The van der Waals surface area contributed by atoms with Crippen LogP contribution in [0.3, 0.4) is 0 Å². The van der Waals surface area contributed by atoms with Crippen LogP contribution in [0.4, 0.5) is 22.7 Å². The molecule has 1 aliphatic carbocycles. The maximum absolute atomic E-state index is 4.06. The van der Waals surface area contributed by atoms with Crippen molar-refractivity contribution in [3.8, 4) is 11.1 Å². The van der Waals surface area contributed by atoms with Gasteiger partial charge < -0.3 is 9.80 Å². The van der Waals surface area contributed by atoms with Crippen LogP contribution in [0.5, 0.6) is 0 Å². The highest BCUT2D eigenvalue weighted by Gasteiger charge is 2.23. The molecule has 4 aromatic rings. The van der Waals surface area contributed by atoms with E-state index in [1.165, 1.54) is 56.1 Å². The lowest BCUT2D eigenvalue weighted by Crippen LogP contribution is -2.19. The first-order valence-corrected chi connectivity index (χ1v) is 15.1. The molecule has 2 heteroatoms. The minimum absolute atomic E-state index is 0.265. The summed E-state index contributed by atoms with van der Waals surface area (Å²) in [5.74, 6) is 0.265. The van der Waals surface area contributed by atoms with E-state index in [1.807, 2.05) is 32.9 Å². The van der Waals surface area contributed by atoms with Crippen molar-refractivity contribution >= 4 is 22.7 Å². The molecule has 0 bridgehead atoms. The zero-order valence-corrected chi connectivity index (χ0v) is 25.7. The van der Waals surface area contributed by atoms with Crippen molar-refractivity contribution < 1.29 is 0 Å². The summed E-state index contributed by atoms with van der Waals surface area (Å²) in [6, 6.07) is 31.2. The maximum atomic E-state index is 4.06. The number of hydrogen-bond donors (Lipinski definition) is 0. The predicted molar refractivity (Wildman–Crippen MR) is 186 cm³/mol. The molecule has 0 aromatic heterocycles. The number of hydrogen-bond acceptors (Lipinski definition) is 2. The van der Waals surface area contributed by atoms with E-state index in [4.69, 9.17) is 0 Å². The molecule has 0 N–H and O–H groups in total. The monoisotopic (exact) mass is 552 g/mol. The number of benzene rings is 4. The highest BCUT2D eigenvalue weighted by atomic mass is 15.1. The number of rotatable bonds is 7. The van der Waals surface area contributed by atoms with Gasteiger partial charge in [-0.15, -0.1) is 19.7 Å². The first-order valence-electron chi connectivity index (χ1n) is 15.1. The highest BCUT2D eigenvalue weighted by molar-refractivity contribution is 5.85. The molecule has 0 fully saturated rings. The molecule has 0 radical (unpaired) electrons. The van der Waals surface area contributed by atoms with Gasteiger partial charge in [0.05, 0.1) is 0 Å². The van der Waals surface area contributed by atoms with Crippen molar-refractivity contribution in [3.05, 3.63) is 157 Å². The summed E-state index contributed by atoms with van der Waals surface area (Å²) in [4.78, 5) is 4.69. The first kappa shape index (κ1) is 30.4. The molecule has 1 aliphatic heterocycles. The van der Waals surface area contributed by atoms with Crippen LogP contribution in [-0.2, 0) is 12.8 Å². The molecule has 0 spiro atoms. The van der Waals surface area contributed by atoms with Gasteiger partial charge in [0.1, 0.15) is 0 Å². The Hall–Kier alpha value is -4.56. The van der Waals surface area contributed by atoms with E-state index < -0.39 is 0 Å². The maximum Gasteiger partial charge on any atom is 0.0490 e. The summed E-state index contributed by atoms with van der Waals surface area (Å²) in [5.41, 5.74) is 12.9. The summed E-state index contributed by atoms with van der Waals surface area (Å²) in [5, 5.41) is 0. The van der Waals surface area contributed by atoms with Crippen molar-refractivity contribution in [2.45, 2.75) is 46.5 Å². The zero-order chi connectivity index (χ0) is 30.1. The number of allylic oxidation sites excluding steroid dienone is 3. The number of fused-ring (bicyclic) bond motifs is 4. The normalized spacial score (nSPS) is 12.7. The third-order valence-corrected chi connectivity index (χ3v) is 7.67. The van der Waals surface area contributed by atoms with Gasteiger partial charge in [-0.3, -0.25) is 0 Å². The van der Waals surface area contributed by atoms with Crippen LogP contribution in [0, 0.1) is 0 Å². The van der Waals surface area contributed by atoms with Crippen molar-refractivity contribution in [2.24, 2.45) is 0 Å². The second-order valence-corrected chi connectivity index (χ2v) is 10.3. The SMILES string of the molecule is C=CC.C=CCN(c1ccc2c(c1)-c1cc(N3C=CCc4ccccc43)ccc1C2)c1ccccc1C(C)C=C.CC. The van der Waals surface area contributed by atoms with Gasteiger partial charge in [-0.2, -0.15) is 0 Å². The quantitative estimate of drug-likeness (QED) is 0.185. The molecule has 214 valence electrons. The van der Waals surface area contributed by atoms with Gasteiger partial charge in [0.25, 0.3) is 0 Å². The van der Waals surface area contributed by atoms with Crippen LogP contribution in [0.2, 0.25) is 0 Å². The molecule has 6 rings (SSSR count). The van der Waals surface area contributed by atoms with E-state index in [9.17, 15) is 0 Å². The van der Waals surface area contributed by atoms with Crippen LogP contribution in [0.1, 0.15) is 55.9 Å². The Labute approximate surface area is 253 Å². The fraction of sp³-hybridized carbons (Fsp3) is 0.200. The average molecular weight is 553 g/mol. The largest absolute Gasteiger partial charge is 0.337 e. The predicted octanol–water partition coefficient (Wildman–Crippen LogP) is 11.3. The molecular weight excluding hydrogens is 508 g/mol. The summed E-state index contributed by atoms with van der Waals surface area (Å²) < 4.78 is 0. The standard InChI is InChI=1S/C35H32N2.C3H6.C2H6/c1-4-20-36(35-15-9-7-13-31(35)25(3)5-2)29-18-16-27-22-28-17-19-30(24-33(28)32(27)23-29)37-21-10-12-26-11-6-8-14-34(26)37;1-3-2;1-2/h4-11,13-19,21,23-25H,1-2,12,20,22H2,3H3;3H,1H2,2H3;1-2H3. The number of para-hydroxylation sites is 2. The van der Waals surface area contributed by atoms with Gasteiger partial charge in [-0.25, -0.2) is 0 Å². The molecule has 0 amide bonds. The van der Waals surface area contributed by atoms with Gasteiger partial charge in [-0.05, 0) is 89.5 Å². The molecule has 1 heterocycles. The smallest absolute Gasteiger partial charge is 0.0490 e. The number of anilines is 4. The third kappa shape index (κ3) is 6.19. The van der Waals surface area contributed by atoms with Crippen LogP contribution >= 0.6 is 0 Å². The van der Waals surface area contributed by atoms with Crippen LogP contribution in [0.25, 0.3) is 11.1 Å². The van der Waals surface area contributed by atoms with Gasteiger partial charge in [0, 0.05) is 41.4 Å². The topological polar surface area (TPSA) is 6.48 Å². The van der Waals surface area contributed by atoms with Crippen LogP contribution in [0.15, 0.2) is 135 Å². The van der Waals surface area contributed by atoms with Gasteiger partial charge in [0.15, 0.2) is 0 Å². The molecule has 2 nitrogen and oxygen atoms in total. The summed E-state index contributed by atoms with van der Waals surface area (Å²) in [6.07, 6.45) is 12.2. The van der Waals surface area contributed by atoms with Gasteiger partial charge >= 0.3 is 0 Å². The van der Waals surface area contributed by atoms with Crippen LogP contribution < -0.4 is 9.80 Å². The molecule has 1 unspecified atom stereocenters. The second kappa shape index (κ2) is 14.4. The molecule has 2 aliphatic rings. The summed E-state index contributed by atoms with van der Waals surface area (Å²) in [6.45, 7) is 20.3. The Balaban J connectivity index is 0.000000763. The molecule has 0 saturated heterocycles. The van der Waals surface area contributed by atoms with Gasteiger partial charge in [0.2, 0.25) is 0 Å². The summed E-state index contributed by atoms with van der Waals surface area (Å²) in [7, 11) is 0. The minimum Gasteiger partial charge on any atom is -0.337 e. The Morgan fingerprint density at radius 1 is 0.833 bits per heavy atom. The Morgan fingerprint density at radius 2 is 1.50 bits per heavy atom. The Morgan fingerprint density at radius 3 is 2.24 bits per heavy atom. The third-order valence-electron chi connectivity index (χ3n) is 7.67. The fourth-order valence-corrected chi connectivity index (χ4v) is 5.69. The molecule has 0 saturated carbocycles. The van der Waals surface area contributed by atoms with E-state index >= 15 is 0 Å². The van der Waals surface area contributed by atoms with E-state index in [0.29, 0.717) is 0 Å². The fourth-order valence-electron chi connectivity index (χ4n) is 5.69. The molecule has 4 aromatic carbocycles. The lowest BCUT2D eigenvalue weighted by Gasteiger charge is -2.28. The molecule has 1 atom stereocenters. The van der Waals surface area contributed by atoms with Crippen molar-refractivity contribution in [1.82, 2.24) is 0 Å². The van der Waals surface area contributed by atoms with E-state index in [2.05, 4.69) is 134 Å². The Bertz CT molecular complexity index is 1570. The van der Waals surface area contributed by atoms with E-state index in [1.54, 1.807) is 6.08 Å². The van der Waals surface area contributed by atoms with Crippen LogP contribution in [-0.4, -0.2) is 6.54 Å². The highest BCUT2D eigenvalue weighted by Crippen LogP contribution is 2.44. The molecular formula is C40H44N2. The zero-order valence-electron chi connectivity index (χ0n) is 25.7. The lowest BCUT2D eigenvalue weighted by molar-refractivity contribution is 0.950. The molecule has 42 heavy (non-hydrogen) atoms. The lowest BCUT2D eigenvalue weighted by atomic mass is 9.97. The van der Waals surface area contributed by atoms with Gasteiger partial charge in [-0.1, -0.05) is 93.6 Å². The van der Waals surface area contributed by atoms with Crippen molar-refractivity contribution in [3.63, 3.8) is 0 Å². The average Bonchev–Trinajstić information content (AvgIpc) is 3.41. The van der Waals surface area contributed by atoms with E-state index in [0.717, 1.165) is 19.4 Å². The van der Waals surface area contributed by atoms with Crippen molar-refractivity contribution in [1.29, 1.82) is 0 Å². The van der Waals surface area contributed by atoms with E-state index in [-0.39, 0.29) is 5.92 Å². The first-order chi connectivity index (χ1) is 20.6. The summed E-state index contributed by atoms with van der Waals surface area (Å²) >= 11 is 0. The second-order valence-electron chi connectivity index (χ2n) is 10.3. The van der Waals surface area contributed by atoms with Crippen molar-refractivity contribution in [2.75, 3.05) is 16.3 Å². The minimum atomic E-state index is 0.265. The Kier molecular flexibility index (Phi) is 10.4. The number of nitrogens with zero attached hydrogens (tertiary/aromatic N) is 2.